The minimum Gasteiger partial charge on any atom is -0.477 e. The average Bonchev–Trinajstić information content (AvgIpc) is 3.12. The third-order valence-corrected chi connectivity index (χ3v) is 4.87. The summed E-state index contributed by atoms with van der Waals surface area (Å²) in [6.07, 6.45) is 1.29. The van der Waals surface area contributed by atoms with E-state index in [4.69, 9.17) is 9.73 Å². The zero-order valence-corrected chi connectivity index (χ0v) is 16.3. The number of hydrogen-bond acceptors (Lipinski definition) is 3. The van der Waals surface area contributed by atoms with Crippen molar-refractivity contribution < 1.29 is 9.53 Å². The Labute approximate surface area is 161 Å². The Hall–Kier alpha value is -2.62. The van der Waals surface area contributed by atoms with E-state index in [-0.39, 0.29) is 17.9 Å². The molecule has 2 aromatic rings. The van der Waals surface area contributed by atoms with Crippen LogP contribution >= 0.6 is 0 Å². The number of aliphatic imine (C=N–C) groups is 1. The Morgan fingerprint density at radius 2 is 1.78 bits per heavy atom. The second kappa shape index (κ2) is 8.38. The standard InChI is InChI=1S/C23H28N2O2/c1-17(19-12-8-5-9-13-19)14-21(26)25-23(2,3)22-24-20(16-27-22)15-18-10-6-4-7-11-18/h4-13,17,20H,14-16H2,1-3H3,(H,25,26)/t17-,20+/m1/s1. The molecule has 142 valence electrons. The topological polar surface area (TPSA) is 50.7 Å². The molecule has 2 aromatic carbocycles. The quantitative estimate of drug-likeness (QED) is 0.804. The number of nitrogens with zero attached hydrogens (tertiary/aromatic N) is 1. The van der Waals surface area contributed by atoms with Gasteiger partial charge in [-0.25, -0.2) is 4.99 Å². The van der Waals surface area contributed by atoms with Crippen LogP contribution in [0.25, 0.3) is 0 Å². The molecular weight excluding hydrogens is 336 g/mol. The molecule has 1 heterocycles. The zero-order chi connectivity index (χ0) is 19.3. The molecule has 0 saturated heterocycles. The molecule has 1 aliphatic rings. The number of carbonyl (C=O) groups excluding carboxylic acids is 1. The molecule has 27 heavy (non-hydrogen) atoms. The van der Waals surface area contributed by atoms with Crippen molar-refractivity contribution >= 4 is 11.8 Å². The van der Waals surface area contributed by atoms with Crippen LogP contribution in [-0.4, -0.2) is 30.0 Å². The molecule has 0 aliphatic carbocycles. The van der Waals surface area contributed by atoms with Gasteiger partial charge in [0, 0.05) is 6.42 Å². The Balaban J connectivity index is 1.57. The average molecular weight is 364 g/mol. The van der Waals surface area contributed by atoms with Crippen molar-refractivity contribution in [2.24, 2.45) is 4.99 Å². The van der Waals surface area contributed by atoms with Gasteiger partial charge in [-0.1, -0.05) is 67.6 Å². The van der Waals surface area contributed by atoms with E-state index in [2.05, 4.69) is 36.5 Å². The molecule has 1 aliphatic heterocycles. The molecular formula is C23H28N2O2. The van der Waals surface area contributed by atoms with Gasteiger partial charge in [0.15, 0.2) is 0 Å². The molecule has 0 unspecified atom stereocenters. The Morgan fingerprint density at radius 1 is 1.15 bits per heavy atom. The smallest absolute Gasteiger partial charge is 0.221 e. The summed E-state index contributed by atoms with van der Waals surface area (Å²) in [5, 5.41) is 3.09. The summed E-state index contributed by atoms with van der Waals surface area (Å²) in [4.78, 5) is 17.3. The van der Waals surface area contributed by atoms with Crippen LogP contribution in [0.15, 0.2) is 65.7 Å². The zero-order valence-electron chi connectivity index (χ0n) is 16.3. The summed E-state index contributed by atoms with van der Waals surface area (Å²) in [6.45, 7) is 6.52. The molecule has 1 amide bonds. The third kappa shape index (κ3) is 5.19. The predicted molar refractivity (Wildman–Crippen MR) is 109 cm³/mol. The maximum absolute atomic E-state index is 12.6. The number of rotatable bonds is 7. The highest BCUT2D eigenvalue weighted by Gasteiger charge is 2.34. The van der Waals surface area contributed by atoms with E-state index in [0.29, 0.717) is 18.9 Å². The number of carbonyl (C=O) groups is 1. The molecule has 0 bridgehead atoms. The van der Waals surface area contributed by atoms with Crippen molar-refractivity contribution in [3.63, 3.8) is 0 Å². The van der Waals surface area contributed by atoms with Crippen LogP contribution in [-0.2, 0) is 16.0 Å². The van der Waals surface area contributed by atoms with Gasteiger partial charge >= 0.3 is 0 Å². The van der Waals surface area contributed by atoms with Gasteiger partial charge in [-0.3, -0.25) is 4.79 Å². The van der Waals surface area contributed by atoms with Crippen LogP contribution in [0.5, 0.6) is 0 Å². The van der Waals surface area contributed by atoms with Crippen LogP contribution in [0.2, 0.25) is 0 Å². The van der Waals surface area contributed by atoms with E-state index in [1.54, 1.807) is 0 Å². The van der Waals surface area contributed by atoms with Crippen LogP contribution in [0.4, 0.5) is 0 Å². The lowest BCUT2D eigenvalue weighted by Crippen LogP contribution is -2.50. The maximum atomic E-state index is 12.6. The summed E-state index contributed by atoms with van der Waals surface area (Å²) in [7, 11) is 0. The van der Waals surface area contributed by atoms with Crippen molar-refractivity contribution in [3.8, 4) is 0 Å². The highest BCUT2D eigenvalue weighted by atomic mass is 16.5. The fraction of sp³-hybridized carbons (Fsp3) is 0.391. The van der Waals surface area contributed by atoms with Crippen LogP contribution in [0.1, 0.15) is 44.2 Å². The van der Waals surface area contributed by atoms with Crippen molar-refractivity contribution in [1.82, 2.24) is 5.32 Å². The lowest BCUT2D eigenvalue weighted by atomic mass is 9.96. The lowest BCUT2D eigenvalue weighted by Gasteiger charge is -2.26. The molecule has 2 atom stereocenters. The maximum Gasteiger partial charge on any atom is 0.221 e. The van der Waals surface area contributed by atoms with E-state index in [0.717, 1.165) is 6.42 Å². The van der Waals surface area contributed by atoms with Crippen LogP contribution < -0.4 is 5.32 Å². The van der Waals surface area contributed by atoms with E-state index >= 15 is 0 Å². The molecule has 0 saturated carbocycles. The normalized spacial score (nSPS) is 17.7. The van der Waals surface area contributed by atoms with Crippen LogP contribution in [0.3, 0.4) is 0 Å². The first kappa shape index (κ1) is 19.2. The largest absolute Gasteiger partial charge is 0.477 e. The number of nitrogens with one attached hydrogen (secondary N) is 1. The van der Waals surface area contributed by atoms with Crippen molar-refractivity contribution in [2.45, 2.75) is 51.1 Å². The van der Waals surface area contributed by atoms with Crippen molar-refractivity contribution in [2.75, 3.05) is 6.61 Å². The number of hydrogen-bond donors (Lipinski definition) is 1. The van der Waals surface area contributed by atoms with Gasteiger partial charge in [-0.05, 0) is 37.3 Å². The van der Waals surface area contributed by atoms with Gasteiger partial charge in [0.2, 0.25) is 11.8 Å². The Kier molecular flexibility index (Phi) is 5.94. The highest BCUT2D eigenvalue weighted by molar-refractivity contribution is 5.91. The van der Waals surface area contributed by atoms with E-state index in [9.17, 15) is 4.79 Å². The Bertz CT molecular complexity index is 785. The first-order valence-electron chi connectivity index (χ1n) is 9.55. The van der Waals surface area contributed by atoms with Crippen LogP contribution in [0, 0.1) is 0 Å². The summed E-state index contributed by atoms with van der Waals surface area (Å²) in [5.41, 5.74) is 1.80. The molecule has 4 heteroatoms. The number of amides is 1. The van der Waals surface area contributed by atoms with E-state index in [1.807, 2.05) is 50.2 Å². The minimum absolute atomic E-state index is 0.00848. The third-order valence-electron chi connectivity index (χ3n) is 4.87. The fourth-order valence-electron chi connectivity index (χ4n) is 3.38. The molecule has 4 nitrogen and oxygen atoms in total. The van der Waals surface area contributed by atoms with Gasteiger partial charge in [0.05, 0.1) is 6.04 Å². The molecule has 0 fully saturated rings. The van der Waals surface area contributed by atoms with Crippen molar-refractivity contribution in [3.05, 3.63) is 71.8 Å². The summed E-state index contributed by atoms with van der Waals surface area (Å²) in [5.74, 6) is 0.789. The van der Waals surface area contributed by atoms with E-state index < -0.39 is 5.54 Å². The summed E-state index contributed by atoms with van der Waals surface area (Å²) < 4.78 is 5.83. The van der Waals surface area contributed by atoms with E-state index in [1.165, 1.54) is 11.1 Å². The monoisotopic (exact) mass is 364 g/mol. The minimum atomic E-state index is -0.612. The molecule has 0 spiro atoms. The first-order chi connectivity index (χ1) is 12.9. The highest BCUT2D eigenvalue weighted by Crippen LogP contribution is 2.21. The summed E-state index contributed by atoms with van der Waals surface area (Å²) >= 11 is 0. The molecule has 0 radical (unpaired) electrons. The second-order valence-electron chi connectivity index (χ2n) is 7.78. The first-order valence-corrected chi connectivity index (χ1v) is 9.55. The van der Waals surface area contributed by atoms with Gasteiger partial charge < -0.3 is 10.1 Å². The SMILES string of the molecule is C[C@H](CC(=O)NC(C)(C)C1=N[C@@H](Cc2ccccc2)CO1)c1ccccc1. The van der Waals surface area contributed by atoms with Crippen molar-refractivity contribution in [1.29, 1.82) is 0 Å². The van der Waals surface area contributed by atoms with Gasteiger partial charge in [-0.15, -0.1) is 0 Å². The van der Waals surface area contributed by atoms with Gasteiger partial charge in [0.1, 0.15) is 12.1 Å². The summed E-state index contributed by atoms with van der Waals surface area (Å²) in [6, 6.07) is 20.5. The number of benzene rings is 2. The fourth-order valence-corrected chi connectivity index (χ4v) is 3.38. The predicted octanol–water partition coefficient (Wildman–Crippen LogP) is 4.12. The molecule has 3 rings (SSSR count). The van der Waals surface area contributed by atoms with Gasteiger partial charge in [-0.2, -0.15) is 0 Å². The lowest BCUT2D eigenvalue weighted by molar-refractivity contribution is -0.122. The molecule has 1 N–H and O–H groups in total. The molecule has 0 aromatic heterocycles. The second-order valence-corrected chi connectivity index (χ2v) is 7.78. The number of ether oxygens (including phenoxy) is 1. The van der Waals surface area contributed by atoms with Gasteiger partial charge in [0.25, 0.3) is 0 Å². The Morgan fingerprint density at radius 3 is 2.44 bits per heavy atom.